The number of benzene rings is 2. The smallest absolute Gasteiger partial charge is 0.253 e. The highest BCUT2D eigenvalue weighted by Gasteiger charge is 2.22. The standard InChI is InChI=1S/C20H21N5O2S/c1-27-16-8-6-15(7-9-16)19(26)24-12-10-23(11-13-24)14-25-20(28)17-4-2-3-5-18(17)21-22-25/h2-9H,10-14H2,1H3. The average Bonchev–Trinajstić information content (AvgIpc) is 2.76. The molecule has 2 aromatic carbocycles. The number of fused-ring (bicyclic) bond motifs is 1. The number of carbonyl (C=O) groups excluding carboxylic acids is 1. The lowest BCUT2D eigenvalue weighted by molar-refractivity contribution is 0.0582. The fourth-order valence-corrected chi connectivity index (χ4v) is 3.58. The van der Waals surface area contributed by atoms with Crippen LogP contribution in [0.3, 0.4) is 0 Å². The van der Waals surface area contributed by atoms with Gasteiger partial charge in [-0.1, -0.05) is 29.6 Å². The number of hydrogen-bond acceptors (Lipinski definition) is 6. The van der Waals surface area contributed by atoms with Gasteiger partial charge in [0.25, 0.3) is 5.91 Å². The monoisotopic (exact) mass is 395 g/mol. The molecular formula is C20H21N5O2S. The summed E-state index contributed by atoms with van der Waals surface area (Å²) in [6.45, 7) is 3.43. The van der Waals surface area contributed by atoms with E-state index in [1.807, 2.05) is 41.3 Å². The summed E-state index contributed by atoms with van der Waals surface area (Å²) in [5.74, 6) is 0.791. The Bertz CT molecular complexity index is 1040. The van der Waals surface area contributed by atoms with Crippen molar-refractivity contribution in [3.05, 3.63) is 58.7 Å². The zero-order chi connectivity index (χ0) is 19.5. The summed E-state index contributed by atoms with van der Waals surface area (Å²) in [5, 5.41) is 9.43. The predicted molar refractivity (Wildman–Crippen MR) is 109 cm³/mol. The summed E-state index contributed by atoms with van der Waals surface area (Å²) < 4.78 is 7.58. The van der Waals surface area contributed by atoms with E-state index in [-0.39, 0.29) is 5.91 Å². The van der Waals surface area contributed by atoms with Crippen LogP contribution in [0.25, 0.3) is 10.9 Å². The van der Waals surface area contributed by atoms with Crippen LogP contribution in [0.4, 0.5) is 0 Å². The summed E-state index contributed by atoms with van der Waals surface area (Å²) in [7, 11) is 1.61. The number of rotatable bonds is 4. The summed E-state index contributed by atoms with van der Waals surface area (Å²) in [4.78, 5) is 16.8. The maximum atomic E-state index is 12.7. The second kappa shape index (κ2) is 8.04. The Balaban J connectivity index is 1.39. The van der Waals surface area contributed by atoms with E-state index in [0.717, 1.165) is 29.7 Å². The number of hydrogen-bond donors (Lipinski definition) is 0. The molecule has 7 nitrogen and oxygen atoms in total. The second-order valence-corrected chi connectivity index (χ2v) is 7.08. The van der Waals surface area contributed by atoms with Crippen LogP contribution < -0.4 is 4.74 Å². The Morgan fingerprint density at radius 2 is 1.79 bits per heavy atom. The van der Waals surface area contributed by atoms with Crippen molar-refractivity contribution < 1.29 is 9.53 Å². The average molecular weight is 395 g/mol. The number of methoxy groups -OCH3 is 1. The first-order chi connectivity index (χ1) is 13.7. The molecule has 1 fully saturated rings. The molecule has 0 bridgehead atoms. The molecule has 0 aliphatic carbocycles. The predicted octanol–water partition coefficient (Wildman–Crippen LogP) is 2.58. The van der Waals surface area contributed by atoms with Crippen molar-refractivity contribution >= 4 is 29.0 Å². The van der Waals surface area contributed by atoms with Crippen LogP contribution in [0, 0.1) is 4.64 Å². The Labute approximate surface area is 168 Å². The van der Waals surface area contributed by atoms with Crippen LogP contribution in [0.15, 0.2) is 48.5 Å². The van der Waals surface area contributed by atoms with Crippen molar-refractivity contribution in [2.24, 2.45) is 0 Å². The lowest BCUT2D eigenvalue weighted by Crippen LogP contribution is -2.49. The Morgan fingerprint density at radius 3 is 2.50 bits per heavy atom. The third-order valence-corrected chi connectivity index (χ3v) is 5.39. The SMILES string of the molecule is COc1ccc(C(=O)N2CCN(Cn3nnc4ccccc4c3=S)CC2)cc1. The lowest BCUT2D eigenvalue weighted by atomic mass is 10.1. The molecule has 1 aliphatic rings. The highest BCUT2D eigenvalue weighted by molar-refractivity contribution is 7.71. The molecule has 28 heavy (non-hydrogen) atoms. The molecule has 0 radical (unpaired) electrons. The van der Waals surface area contributed by atoms with Gasteiger partial charge in [0.1, 0.15) is 10.4 Å². The number of piperazine rings is 1. The van der Waals surface area contributed by atoms with Crippen LogP contribution in [-0.2, 0) is 6.67 Å². The minimum Gasteiger partial charge on any atom is -0.497 e. The molecule has 8 heteroatoms. The number of carbonyl (C=O) groups is 1. The highest BCUT2D eigenvalue weighted by atomic mass is 32.1. The van der Waals surface area contributed by atoms with Gasteiger partial charge in [0, 0.05) is 37.1 Å². The van der Waals surface area contributed by atoms with Crippen LogP contribution in [0.5, 0.6) is 5.75 Å². The van der Waals surface area contributed by atoms with Crippen molar-refractivity contribution in [2.75, 3.05) is 33.3 Å². The van der Waals surface area contributed by atoms with Gasteiger partial charge in [0.05, 0.1) is 19.3 Å². The molecule has 0 saturated carbocycles. The van der Waals surface area contributed by atoms with Gasteiger partial charge in [0.15, 0.2) is 0 Å². The van der Waals surface area contributed by atoms with Crippen LogP contribution in [-0.4, -0.2) is 64.0 Å². The maximum Gasteiger partial charge on any atom is 0.253 e. The van der Waals surface area contributed by atoms with Gasteiger partial charge >= 0.3 is 0 Å². The van der Waals surface area contributed by atoms with E-state index in [2.05, 4.69) is 15.2 Å². The third kappa shape index (κ3) is 3.74. The fraction of sp³-hybridized carbons (Fsp3) is 0.300. The molecule has 2 heterocycles. The summed E-state index contributed by atoms with van der Waals surface area (Å²) >= 11 is 5.57. The molecule has 144 valence electrons. The number of amides is 1. The normalized spacial score (nSPS) is 15.0. The van der Waals surface area contributed by atoms with Gasteiger partial charge in [-0.3, -0.25) is 9.69 Å². The van der Waals surface area contributed by atoms with Gasteiger partial charge in [-0.25, -0.2) is 4.68 Å². The van der Waals surface area contributed by atoms with Gasteiger partial charge in [0.2, 0.25) is 0 Å². The van der Waals surface area contributed by atoms with E-state index in [4.69, 9.17) is 17.0 Å². The molecule has 0 atom stereocenters. The first-order valence-corrected chi connectivity index (χ1v) is 9.55. The number of ether oxygens (including phenoxy) is 1. The highest BCUT2D eigenvalue weighted by Crippen LogP contribution is 2.15. The van der Waals surface area contributed by atoms with Crippen molar-refractivity contribution in [2.45, 2.75) is 6.67 Å². The van der Waals surface area contributed by atoms with E-state index >= 15 is 0 Å². The van der Waals surface area contributed by atoms with Gasteiger partial charge in [-0.2, -0.15) is 0 Å². The zero-order valence-electron chi connectivity index (χ0n) is 15.6. The lowest BCUT2D eigenvalue weighted by Gasteiger charge is -2.34. The maximum absolute atomic E-state index is 12.7. The third-order valence-electron chi connectivity index (χ3n) is 4.96. The topological polar surface area (TPSA) is 63.5 Å². The molecule has 0 N–H and O–H groups in total. The van der Waals surface area contributed by atoms with Crippen LogP contribution >= 0.6 is 12.2 Å². The fourth-order valence-electron chi connectivity index (χ4n) is 3.31. The Kier molecular flexibility index (Phi) is 5.31. The van der Waals surface area contributed by atoms with E-state index in [1.165, 1.54) is 0 Å². The zero-order valence-corrected chi connectivity index (χ0v) is 16.4. The quantitative estimate of drug-likeness (QED) is 0.633. The van der Waals surface area contributed by atoms with Gasteiger partial charge in [-0.05, 0) is 36.4 Å². The molecule has 1 aromatic heterocycles. The summed E-state index contributed by atoms with van der Waals surface area (Å²) in [6, 6.07) is 15.0. The van der Waals surface area contributed by atoms with E-state index in [1.54, 1.807) is 23.9 Å². The largest absolute Gasteiger partial charge is 0.497 e. The van der Waals surface area contributed by atoms with Crippen molar-refractivity contribution in [3.63, 3.8) is 0 Å². The van der Waals surface area contributed by atoms with E-state index in [0.29, 0.717) is 30.0 Å². The number of aromatic nitrogens is 3. The van der Waals surface area contributed by atoms with Crippen molar-refractivity contribution in [1.29, 1.82) is 0 Å². The molecule has 0 unspecified atom stereocenters. The Hall–Kier alpha value is -2.84. The molecule has 0 spiro atoms. The Morgan fingerprint density at radius 1 is 1.07 bits per heavy atom. The first-order valence-electron chi connectivity index (χ1n) is 9.14. The minimum atomic E-state index is 0.0458. The van der Waals surface area contributed by atoms with E-state index < -0.39 is 0 Å². The minimum absolute atomic E-state index is 0.0458. The van der Waals surface area contributed by atoms with Gasteiger partial charge < -0.3 is 9.64 Å². The summed E-state index contributed by atoms with van der Waals surface area (Å²) in [6.07, 6.45) is 0. The molecule has 3 aromatic rings. The van der Waals surface area contributed by atoms with Crippen LogP contribution in [0.2, 0.25) is 0 Å². The van der Waals surface area contributed by atoms with Crippen molar-refractivity contribution in [1.82, 2.24) is 24.8 Å². The van der Waals surface area contributed by atoms with Crippen LogP contribution in [0.1, 0.15) is 10.4 Å². The number of nitrogens with zero attached hydrogens (tertiary/aromatic N) is 5. The van der Waals surface area contributed by atoms with Crippen molar-refractivity contribution in [3.8, 4) is 5.75 Å². The molecular weight excluding hydrogens is 374 g/mol. The molecule has 1 saturated heterocycles. The first kappa shape index (κ1) is 18.5. The second-order valence-electron chi connectivity index (χ2n) is 6.69. The summed E-state index contributed by atoms with van der Waals surface area (Å²) in [5.41, 5.74) is 1.48. The molecule has 4 rings (SSSR count). The van der Waals surface area contributed by atoms with Gasteiger partial charge in [-0.15, -0.1) is 5.10 Å². The molecule has 1 amide bonds. The molecule has 1 aliphatic heterocycles. The van der Waals surface area contributed by atoms with E-state index in [9.17, 15) is 4.79 Å².